The first-order valence-corrected chi connectivity index (χ1v) is 5.51. The third kappa shape index (κ3) is 3.84. The van der Waals surface area contributed by atoms with Crippen molar-refractivity contribution in [2.24, 2.45) is 0 Å². The van der Waals surface area contributed by atoms with Gasteiger partial charge in [-0.3, -0.25) is 10.1 Å². The quantitative estimate of drug-likeness (QED) is 0.788. The third-order valence-electron chi connectivity index (χ3n) is 2.67. The number of aryl methyl sites for hydroxylation is 1. The minimum atomic E-state index is -1.06. The lowest BCUT2D eigenvalue weighted by Crippen LogP contribution is -2.52. The lowest BCUT2D eigenvalue weighted by atomic mass is 10.0. The number of aliphatic carboxylic acids is 1. The molecule has 0 radical (unpaired) electrons. The number of benzene rings is 1. The third-order valence-corrected chi connectivity index (χ3v) is 2.67. The summed E-state index contributed by atoms with van der Waals surface area (Å²) < 4.78 is 4.94. The molecule has 0 amide bonds. The highest BCUT2D eigenvalue weighted by atomic mass is 16.5. The summed E-state index contributed by atoms with van der Waals surface area (Å²) in [5.74, 6) is -0.910. The SMILES string of the molecule is COCC(C)(NCc1cccc(C)c1)C(=O)O. The van der Waals surface area contributed by atoms with Crippen LogP contribution in [0.15, 0.2) is 24.3 Å². The van der Waals surface area contributed by atoms with Crippen molar-refractivity contribution in [3.05, 3.63) is 35.4 Å². The molecule has 4 heteroatoms. The van der Waals surface area contributed by atoms with Gasteiger partial charge in [-0.15, -0.1) is 0 Å². The number of carboxylic acid groups (broad SMARTS) is 1. The minimum Gasteiger partial charge on any atom is -0.480 e. The molecule has 0 saturated heterocycles. The normalized spacial score (nSPS) is 14.3. The Hall–Kier alpha value is -1.39. The van der Waals surface area contributed by atoms with Gasteiger partial charge in [0.15, 0.2) is 0 Å². The van der Waals surface area contributed by atoms with Crippen LogP contribution in [0.1, 0.15) is 18.1 Å². The number of nitrogens with one attached hydrogen (secondary N) is 1. The van der Waals surface area contributed by atoms with Crippen molar-refractivity contribution in [1.82, 2.24) is 5.32 Å². The Labute approximate surface area is 102 Å². The van der Waals surface area contributed by atoms with Gasteiger partial charge in [0.2, 0.25) is 0 Å². The zero-order valence-corrected chi connectivity index (χ0v) is 10.5. The van der Waals surface area contributed by atoms with E-state index in [2.05, 4.69) is 5.32 Å². The fourth-order valence-electron chi connectivity index (χ4n) is 1.60. The van der Waals surface area contributed by atoms with Gasteiger partial charge in [-0.1, -0.05) is 29.8 Å². The molecule has 1 rings (SSSR count). The number of carboxylic acids is 1. The van der Waals surface area contributed by atoms with Crippen molar-refractivity contribution in [1.29, 1.82) is 0 Å². The lowest BCUT2D eigenvalue weighted by Gasteiger charge is -2.25. The van der Waals surface area contributed by atoms with Gasteiger partial charge >= 0.3 is 5.97 Å². The van der Waals surface area contributed by atoms with Crippen molar-refractivity contribution in [3.8, 4) is 0 Å². The van der Waals surface area contributed by atoms with E-state index in [1.807, 2.05) is 31.2 Å². The maximum Gasteiger partial charge on any atom is 0.326 e. The number of ether oxygens (including phenoxy) is 1. The average molecular weight is 237 g/mol. The molecule has 0 heterocycles. The zero-order chi connectivity index (χ0) is 12.9. The van der Waals surface area contributed by atoms with Crippen LogP contribution in [0.2, 0.25) is 0 Å². The van der Waals surface area contributed by atoms with Gasteiger partial charge < -0.3 is 9.84 Å². The van der Waals surface area contributed by atoms with Gasteiger partial charge in [0.25, 0.3) is 0 Å². The molecule has 0 aliphatic rings. The minimum absolute atomic E-state index is 0.133. The summed E-state index contributed by atoms with van der Waals surface area (Å²) in [6, 6.07) is 7.97. The summed E-state index contributed by atoms with van der Waals surface area (Å²) in [6.45, 7) is 4.27. The van der Waals surface area contributed by atoms with Gasteiger partial charge in [-0.2, -0.15) is 0 Å². The Morgan fingerprint density at radius 1 is 1.53 bits per heavy atom. The van der Waals surface area contributed by atoms with E-state index in [0.717, 1.165) is 11.1 Å². The molecule has 0 fully saturated rings. The fourth-order valence-corrected chi connectivity index (χ4v) is 1.60. The van der Waals surface area contributed by atoms with E-state index in [1.54, 1.807) is 6.92 Å². The molecule has 17 heavy (non-hydrogen) atoms. The Bertz CT molecular complexity index is 392. The van der Waals surface area contributed by atoms with E-state index in [-0.39, 0.29) is 6.61 Å². The van der Waals surface area contributed by atoms with Crippen LogP contribution in [0.25, 0.3) is 0 Å². The van der Waals surface area contributed by atoms with Crippen molar-refractivity contribution < 1.29 is 14.6 Å². The average Bonchev–Trinajstić information content (AvgIpc) is 2.27. The van der Waals surface area contributed by atoms with Crippen LogP contribution in [0.5, 0.6) is 0 Å². The summed E-state index contributed by atoms with van der Waals surface area (Å²) in [5, 5.41) is 12.2. The second-order valence-corrected chi connectivity index (χ2v) is 4.41. The monoisotopic (exact) mass is 237 g/mol. The van der Waals surface area contributed by atoms with Crippen LogP contribution in [-0.2, 0) is 16.1 Å². The van der Waals surface area contributed by atoms with Crippen LogP contribution < -0.4 is 5.32 Å². The van der Waals surface area contributed by atoms with Crippen molar-refractivity contribution in [2.75, 3.05) is 13.7 Å². The highest BCUT2D eigenvalue weighted by Crippen LogP contribution is 2.09. The highest BCUT2D eigenvalue weighted by Gasteiger charge is 2.32. The van der Waals surface area contributed by atoms with Crippen LogP contribution in [0.3, 0.4) is 0 Å². The summed E-state index contributed by atoms with van der Waals surface area (Å²) in [7, 11) is 1.50. The first-order chi connectivity index (χ1) is 7.98. The molecule has 0 spiro atoms. The molecule has 0 aromatic heterocycles. The van der Waals surface area contributed by atoms with Crippen molar-refractivity contribution in [2.45, 2.75) is 25.9 Å². The lowest BCUT2D eigenvalue weighted by molar-refractivity contribution is -0.146. The van der Waals surface area contributed by atoms with E-state index >= 15 is 0 Å². The van der Waals surface area contributed by atoms with Crippen LogP contribution >= 0.6 is 0 Å². The molecule has 1 aromatic carbocycles. The van der Waals surface area contributed by atoms with E-state index in [4.69, 9.17) is 9.84 Å². The van der Waals surface area contributed by atoms with Gasteiger partial charge in [0, 0.05) is 13.7 Å². The Kier molecular flexibility index (Phi) is 4.66. The first kappa shape index (κ1) is 13.7. The topological polar surface area (TPSA) is 58.6 Å². The second-order valence-electron chi connectivity index (χ2n) is 4.41. The Balaban J connectivity index is 2.67. The molecule has 0 bridgehead atoms. The number of methoxy groups -OCH3 is 1. The first-order valence-electron chi connectivity index (χ1n) is 5.51. The summed E-state index contributed by atoms with van der Waals surface area (Å²) in [5.41, 5.74) is 1.17. The van der Waals surface area contributed by atoms with E-state index < -0.39 is 11.5 Å². The molecule has 0 saturated carbocycles. The van der Waals surface area contributed by atoms with E-state index in [9.17, 15) is 4.79 Å². The molecule has 0 aliphatic heterocycles. The highest BCUT2D eigenvalue weighted by molar-refractivity contribution is 5.78. The number of hydrogen-bond donors (Lipinski definition) is 2. The van der Waals surface area contributed by atoms with E-state index in [0.29, 0.717) is 6.54 Å². The molecular formula is C13H19NO3. The Morgan fingerprint density at radius 3 is 2.76 bits per heavy atom. The van der Waals surface area contributed by atoms with E-state index in [1.165, 1.54) is 7.11 Å². The second kappa shape index (κ2) is 5.80. The molecule has 4 nitrogen and oxygen atoms in total. The fraction of sp³-hybridized carbons (Fsp3) is 0.462. The van der Waals surface area contributed by atoms with Gasteiger partial charge in [0.1, 0.15) is 5.54 Å². The molecule has 1 atom stereocenters. The van der Waals surface area contributed by atoms with Crippen molar-refractivity contribution in [3.63, 3.8) is 0 Å². The van der Waals surface area contributed by atoms with Crippen molar-refractivity contribution >= 4 is 5.97 Å². The van der Waals surface area contributed by atoms with Gasteiger partial charge in [0.05, 0.1) is 6.61 Å². The number of hydrogen-bond acceptors (Lipinski definition) is 3. The molecular weight excluding hydrogens is 218 g/mol. The Morgan fingerprint density at radius 2 is 2.24 bits per heavy atom. The van der Waals surface area contributed by atoms with Crippen LogP contribution in [0.4, 0.5) is 0 Å². The predicted octanol–water partition coefficient (Wildman–Crippen LogP) is 1.57. The largest absolute Gasteiger partial charge is 0.480 e. The molecule has 0 aliphatic carbocycles. The standard InChI is InChI=1S/C13H19NO3/c1-10-5-4-6-11(7-10)8-14-13(2,9-17-3)12(15)16/h4-7,14H,8-9H2,1-3H3,(H,15,16). The number of carbonyl (C=O) groups is 1. The maximum atomic E-state index is 11.2. The predicted molar refractivity (Wildman–Crippen MR) is 65.9 cm³/mol. The molecule has 1 aromatic rings. The summed E-state index contributed by atoms with van der Waals surface area (Å²) in [4.78, 5) is 11.2. The number of rotatable bonds is 6. The molecule has 94 valence electrons. The molecule has 1 unspecified atom stereocenters. The maximum absolute atomic E-state index is 11.2. The molecule has 2 N–H and O–H groups in total. The van der Waals surface area contributed by atoms with Crippen LogP contribution in [-0.4, -0.2) is 30.3 Å². The zero-order valence-electron chi connectivity index (χ0n) is 10.5. The summed E-state index contributed by atoms with van der Waals surface area (Å²) >= 11 is 0. The van der Waals surface area contributed by atoms with Gasteiger partial charge in [-0.25, -0.2) is 0 Å². The van der Waals surface area contributed by atoms with Gasteiger partial charge in [-0.05, 0) is 19.4 Å². The van der Waals surface area contributed by atoms with Crippen LogP contribution in [0, 0.1) is 6.92 Å². The smallest absolute Gasteiger partial charge is 0.326 e. The summed E-state index contributed by atoms with van der Waals surface area (Å²) in [6.07, 6.45) is 0.